The standard InChI is InChI=1S/C13H15NO/c14-13(15)7-3-5-11-9-8-10-4-1-2-6-12(10)11/h1-4,6-7,11H,5,8-9H2,(H2,14,15)/b7-3+/t11-/m0/s1. The van der Waals surface area contributed by atoms with Crippen molar-refractivity contribution in [1.29, 1.82) is 0 Å². The first-order chi connectivity index (χ1) is 7.27. The van der Waals surface area contributed by atoms with E-state index in [0.29, 0.717) is 5.92 Å². The van der Waals surface area contributed by atoms with Gasteiger partial charge in [0.1, 0.15) is 0 Å². The number of allylic oxidation sites excluding steroid dienone is 1. The van der Waals surface area contributed by atoms with Crippen LogP contribution in [0.4, 0.5) is 0 Å². The summed E-state index contributed by atoms with van der Waals surface area (Å²) in [5.41, 5.74) is 7.94. The van der Waals surface area contributed by atoms with E-state index in [-0.39, 0.29) is 5.91 Å². The quantitative estimate of drug-likeness (QED) is 0.748. The van der Waals surface area contributed by atoms with Crippen LogP contribution in [0.3, 0.4) is 0 Å². The van der Waals surface area contributed by atoms with Crippen LogP contribution < -0.4 is 5.73 Å². The summed E-state index contributed by atoms with van der Waals surface area (Å²) in [5, 5.41) is 0. The molecule has 2 N–H and O–H groups in total. The van der Waals surface area contributed by atoms with E-state index in [1.165, 1.54) is 23.6 Å². The molecule has 0 heterocycles. The number of hydrogen-bond donors (Lipinski definition) is 1. The topological polar surface area (TPSA) is 43.1 Å². The Hall–Kier alpha value is -1.57. The Morgan fingerprint density at radius 1 is 1.47 bits per heavy atom. The number of primary amides is 1. The SMILES string of the molecule is NC(=O)/C=C/C[C@H]1CCc2ccccc21. The third kappa shape index (κ3) is 2.27. The fourth-order valence-electron chi connectivity index (χ4n) is 2.24. The Morgan fingerprint density at radius 2 is 2.27 bits per heavy atom. The van der Waals surface area contributed by atoms with Gasteiger partial charge in [-0.2, -0.15) is 0 Å². The molecule has 1 amide bonds. The highest BCUT2D eigenvalue weighted by molar-refractivity contribution is 5.85. The second-order valence-electron chi connectivity index (χ2n) is 3.97. The molecule has 1 aromatic carbocycles. The Kier molecular flexibility index (Phi) is 2.86. The van der Waals surface area contributed by atoms with E-state index < -0.39 is 0 Å². The van der Waals surface area contributed by atoms with Gasteiger partial charge in [-0.25, -0.2) is 0 Å². The maximum atomic E-state index is 10.6. The van der Waals surface area contributed by atoms with Gasteiger partial charge in [0.25, 0.3) is 0 Å². The van der Waals surface area contributed by atoms with Gasteiger partial charge in [0.05, 0.1) is 0 Å². The van der Waals surface area contributed by atoms with Gasteiger partial charge in [-0.15, -0.1) is 0 Å². The lowest BCUT2D eigenvalue weighted by molar-refractivity contribution is -0.113. The predicted molar refractivity (Wildman–Crippen MR) is 60.5 cm³/mol. The van der Waals surface area contributed by atoms with E-state index in [2.05, 4.69) is 24.3 Å². The van der Waals surface area contributed by atoms with Gasteiger partial charge in [0.15, 0.2) is 0 Å². The lowest BCUT2D eigenvalue weighted by Crippen LogP contribution is -2.05. The summed E-state index contributed by atoms with van der Waals surface area (Å²) in [6.45, 7) is 0. The Balaban J connectivity index is 2.05. The molecule has 1 atom stereocenters. The monoisotopic (exact) mass is 201 g/mol. The highest BCUT2D eigenvalue weighted by atomic mass is 16.1. The summed E-state index contributed by atoms with van der Waals surface area (Å²) in [6.07, 6.45) is 6.60. The highest BCUT2D eigenvalue weighted by Crippen LogP contribution is 2.35. The summed E-state index contributed by atoms with van der Waals surface area (Å²) in [7, 11) is 0. The molecule has 0 spiro atoms. The number of rotatable bonds is 3. The van der Waals surface area contributed by atoms with Crippen LogP contribution in [-0.2, 0) is 11.2 Å². The second-order valence-corrected chi connectivity index (χ2v) is 3.97. The second kappa shape index (κ2) is 4.30. The van der Waals surface area contributed by atoms with Crippen LogP contribution in [0.1, 0.15) is 29.9 Å². The molecule has 15 heavy (non-hydrogen) atoms. The van der Waals surface area contributed by atoms with Gasteiger partial charge in [-0.1, -0.05) is 30.3 Å². The average molecular weight is 201 g/mol. The van der Waals surface area contributed by atoms with Crippen LogP contribution in [0.5, 0.6) is 0 Å². The first-order valence-electron chi connectivity index (χ1n) is 5.31. The smallest absolute Gasteiger partial charge is 0.241 e. The van der Waals surface area contributed by atoms with Crippen molar-refractivity contribution < 1.29 is 4.79 Å². The maximum Gasteiger partial charge on any atom is 0.241 e. The van der Waals surface area contributed by atoms with Crippen LogP contribution >= 0.6 is 0 Å². The van der Waals surface area contributed by atoms with E-state index in [4.69, 9.17) is 5.73 Å². The third-order valence-corrected chi connectivity index (χ3v) is 2.96. The zero-order valence-electron chi connectivity index (χ0n) is 8.65. The van der Waals surface area contributed by atoms with E-state index >= 15 is 0 Å². The third-order valence-electron chi connectivity index (χ3n) is 2.96. The predicted octanol–water partition coefficient (Wildman–Crippen LogP) is 2.15. The molecule has 1 aromatic rings. The molecular formula is C13H15NO. The van der Waals surface area contributed by atoms with Crippen LogP contribution in [-0.4, -0.2) is 5.91 Å². The lowest BCUT2D eigenvalue weighted by atomic mass is 9.98. The summed E-state index contributed by atoms with van der Waals surface area (Å²) in [5.74, 6) is 0.207. The van der Waals surface area contributed by atoms with Crippen molar-refractivity contribution in [2.75, 3.05) is 0 Å². The number of amides is 1. The molecule has 1 aliphatic rings. The fourth-order valence-corrected chi connectivity index (χ4v) is 2.24. The molecule has 0 aliphatic heterocycles. The molecule has 0 aromatic heterocycles. The van der Waals surface area contributed by atoms with E-state index in [1.54, 1.807) is 0 Å². The van der Waals surface area contributed by atoms with Gasteiger partial charge in [-0.05, 0) is 42.4 Å². The fraction of sp³-hybridized carbons (Fsp3) is 0.308. The number of carbonyl (C=O) groups excluding carboxylic acids is 1. The minimum atomic E-state index is -0.360. The zero-order valence-corrected chi connectivity index (χ0v) is 8.65. The van der Waals surface area contributed by atoms with Gasteiger partial charge in [0, 0.05) is 0 Å². The molecule has 2 heteroatoms. The lowest BCUT2D eigenvalue weighted by Gasteiger charge is -2.07. The molecule has 0 bridgehead atoms. The van der Waals surface area contributed by atoms with Crippen molar-refractivity contribution in [3.63, 3.8) is 0 Å². The Morgan fingerprint density at radius 3 is 3.07 bits per heavy atom. The van der Waals surface area contributed by atoms with Gasteiger partial charge in [0.2, 0.25) is 5.91 Å². The molecule has 0 saturated heterocycles. The number of aryl methyl sites for hydroxylation is 1. The molecule has 78 valence electrons. The first kappa shape index (κ1) is 9.97. The van der Waals surface area contributed by atoms with E-state index in [9.17, 15) is 4.79 Å². The van der Waals surface area contributed by atoms with Crippen LogP contribution in [0.2, 0.25) is 0 Å². The van der Waals surface area contributed by atoms with E-state index in [0.717, 1.165) is 12.8 Å². The number of carbonyl (C=O) groups is 1. The molecule has 0 unspecified atom stereocenters. The number of hydrogen-bond acceptors (Lipinski definition) is 1. The average Bonchev–Trinajstić information content (AvgIpc) is 2.62. The number of fused-ring (bicyclic) bond motifs is 1. The minimum Gasteiger partial charge on any atom is -0.366 e. The molecule has 0 radical (unpaired) electrons. The molecule has 2 rings (SSSR count). The molecular weight excluding hydrogens is 186 g/mol. The molecule has 0 fully saturated rings. The van der Waals surface area contributed by atoms with Gasteiger partial charge >= 0.3 is 0 Å². The van der Waals surface area contributed by atoms with Crippen molar-refractivity contribution in [2.24, 2.45) is 5.73 Å². The van der Waals surface area contributed by atoms with Crippen molar-refractivity contribution in [1.82, 2.24) is 0 Å². The molecule has 2 nitrogen and oxygen atoms in total. The van der Waals surface area contributed by atoms with Crippen molar-refractivity contribution >= 4 is 5.91 Å². The van der Waals surface area contributed by atoms with Crippen LogP contribution in [0.25, 0.3) is 0 Å². The van der Waals surface area contributed by atoms with Crippen LogP contribution in [0.15, 0.2) is 36.4 Å². The van der Waals surface area contributed by atoms with Gasteiger partial charge < -0.3 is 5.73 Å². The largest absolute Gasteiger partial charge is 0.366 e. The van der Waals surface area contributed by atoms with Gasteiger partial charge in [-0.3, -0.25) is 4.79 Å². The van der Waals surface area contributed by atoms with Crippen molar-refractivity contribution in [3.05, 3.63) is 47.5 Å². The normalized spacial score (nSPS) is 19.3. The Bertz CT molecular complexity index is 395. The van der Waals surface area contributed by atoms with Crippen molar-refractivity contribution in [2.45, 2.75) is 25.2 Å². The summed E-state index contributed by atoms with van der Waals surface area (Å²) >= 11 is 0. The zero-order chi connectivity index (χ0) is 10.7. The van der Waals surface area contributed by atoms with E-state index in [1.807, 2.05) is 6.08 Å². The molecule has 1 aliphatic carbocycles. The number of benzene rings is 1. The first-order valence-corrected chi connectivity index (χ1v) is 5.31. The van der Waals surface area contributed by atoms with Crippen LogP contribution in [0, 0.1) is 0 Å². The minimum absolute atomic E-state index is 0.360. The highest BCUT2D eigenvalue weighted by Gasteiger charge is 2.20. The summed E-state index contributed by atoms with van der Waals surface area (Å²) in [6, 6.07) is 8.54. The summed E-state index contributed by atoms with van der Waals surface area (Å²) < 4.78 is 0. The summed E-state index contributed by atoms with van der Waals surface area (Å²) in [4.78, 5) is 10.6. The number of nitrogens with two attached hydrogens (primary N) is 1. The molecule has 0 saturated carbocycles. The maximum absolute atomic E-state index is 10.6. The Labute approximate surface area is 89.8 Å². The van der Waals surface area contributed by atoms with Crippen molar-refractivity contribution in [3.8, 4) is 0 Å².